The minimum absolute atomic E-state index is 0. The first kappa shape index (κ1) is 24.7. The van der Waals surface area contributed by atoms with Crippen molar-refractivity contribution in [3.05, 3.63) is 0 Å². The first-order valence-corrected chi connectivity index (χ1v) is 4.83. The molecule has 92 valence electrons. The number of rotatable bonds is 1. The predicted octanol–water partition coefficient (Wildman–Crippen LogP) is -1.06. The van der Waals surface area contributed by atoms with E-state index in [9.17, 15) is 4.79 Å². The first-order chi connectivity index (χ1) is 6.50. The van der Waals surface area contributed by atoms with Crippen LogP contribution >= 0.6 is 0 Å². The molecule has 8 nitrogen and oxygen atoms in total. The summed E-state index contributed by atoms with van der Waals surface area (Å²) in [6.07, 6.45) is 0. The number of hydrogen-bond acceptors (Lipinski definition) is 7. The summed E-state index contributed by atoms with van der Waals surface area (Å²) in [6.45, 7) is 4.74. The molecule has 0 saturated heterocycles. The molecule has 0 unspecified atom stereocenters. The molecule has 0 fully saturated rings. The van der Waals surface area contributed by atoms with Crippen molar-refractivity contribution in [1.82, 2.24) is 0 Å². The fraction of sp³-hybridized carbons (Fsp3) is 0.667. The molecular weight excluding hydrogens is 256 g/mol. The zero-order chi connectivity index (χ0) is 13.1. The summed E-state index contributed by atoms with van der Waals surface area (Å²) in [5.41, 5.74) is 0. The van der Waals surface area contributed by atoms with Gasteiger partial charge in [0.2, 0.25) is 0 Å². The first-order valence-electron chi connectivity index (χ1n) is 3.50. The van der Waals surface area contributed by atoms with Crippen LogP contribution in [0.25, 0.3) is 0 Å². The molecule has 0 rings (SSSR count). The quantitative estimate of drug-likeness (QED) is 0.274. The van der Waals surface area contributed by atoms with Crippen molar-refractivity contribution in [3.63, 3.8) is 0 Å². The molecular formula is C6H12MgO8S. The largest absolute Gasteiger partial charge is 2.00 e. The Kier molecular flexibility index (Phi) is 22.5. The van der Waals surface area contributed by atoms with Crippen LogP contribution in [0.2, 0.25) is 0 Å². The Morgan fingerprint density at radius 2 is 1.44 bits per heavy atom. The van der Waals surface area contributed by atoms with E-state index < -0.39 is 16.4 Å². The van der Waals surface area contributed by atoms with Crippen molar-refractivity contribution in [2.24, 2.45) is 0 Å². The van der Waals surface area contributed by atoms with Crippen LogP contribution in [0.1, 0.15) is 20.8 Å². The molecule has 0 aliphatic carbocycles. The number of aliphatic carboxylic acids is 1. The average Bonchev–Trinajstić information content (AvgIpc) is 1.79. The maximum atomic E-state index is 9.82. The zero-order valence-corrected chi connectivity index (χ0v) is 11.4. The zero-order valence-electron chi connectivity index (χ0n) is 9.13. The molecule has 10 heteroatoms. The Morgan fingerprint density at radius 3 is 1.44 bits per heavy atom. The van der Waals surface area contributed by atoms with Gasteiger partial charge in [-0.05, 0) is 6.92 Å². The topological polar surface area (TPSA) is 144 Å². The van der Waals surface area contributed by atoms with Crippen molar-refractivity contribution in [1.29, 1.82) is 0 Å². The van der Waals surface area contributed by atoms with Crippen LogP contribution in [-0.4, -0.2) is 64.2 Å². The van der Waals surface area contributed by atoms with Gasteiger partial charge in [-0.2, -0.15) is 0 Å². The maximum Gasteiger partial charge on any atom is 2.00 e. The minimum Gasteiger partial charge on any atom is -0.759 e. The summed E-state index contributed by atoms with van der Waals surface area (Å²) in [5, 5.41) is 7.42. The molecule has 0 aliphatic heterocycles. The van der Waals surface area contributed by atoms with E-state index >= 15 is 0 Å². The van der Waals surface area contributed by atoms with Crippen molar-refractivity contribution >= 4 is 45.4 Å². The van der Waals surface area contributed by atoms with Gasteiger partial charge in [0.05, 0.1) is 6.61 Å². The van der Waals surface area contributed by atoms with Gasteiger partial charge in [0.25, 0.3) is 5.97 Å². The van der Waals surface area contributed by atoms with E-state index in [-0.39, 0.29) is 29.0 Å². The number of carboxylic acids is 1. The summed E-state index contributed by atoms with van der Waals surface area (Å²) >= 11 is 0. The molecule has 0 atom stereocenters. The molecule has 16 heavy (non-hydrogen) atoms. The number of esters is 1. The molecule has 0 amide bonds. The average molecular weight is 269 g/mol. The number of carboxylic acid groups (broad SMARTS) is 1. The van der Waals surface area contributed by atoms with E-state index in [0.29, 0.717) is 6.61 Å². The number of carbonyl (C=O) groups is 2. The summed E-state index contributed by atoms with van der Waals surface area (Å²) in [5.74, 6) is -1.04. The second-order valence-electron chi connectivity index (χ2n) is 1.85. The Bertz CT molecular complexity index is 260. The van der Waals surface area contributed by atoms with Crippen LogP contribution < -0.4 is 0 Å². The van der Waals surface area contributed by atoms with Gasteiger partial charge in [0.15, 0.2) is 0 Å². The summed E-state index contributed by atoms with van der Waals surface area (Å²) in [7, 11) is -5.17. The van der Waals surface area contributed by atoms with Crippen LogP contribution in [0.5, 0.6) is 0 Å². The Morgan fingerprint density at radius 1 is 1.25 bits per heavy atom. The van der Waals surface area contributed by atoms with Gasteiger partial charge in [0, 0.05) is 24.2 Å². The van der Waals surface area contributed by atoms with E-state index in [0.717, 1.165) is 6.92 Å². The molecule has 0 aromatic heterocycles. The van der Waals surface area contributed by atoms with E-state index in [1.165, 1.54) is 6.92 Å². The van der Waals surface area contributed by atoms with Gasteiger partial charge in [-0.15, -0.1) is 0 Å². The van der Waals surface area contributed by atoms with Gasteiger partial charge in [-0.3, -0.25) is 18.0 Å². The van der Waals surface area contributed by atoms with Gasteiger partial charge in [0.1, 0.15) is 0 Å². The predicted molar refractivity (Wildman–Crippen MR) is 51.8 cm³/mol. The van der Waals surface area contributed by atoms with E-state index in [4.69, 9.17) is 27.4 Å². The molecule has 1 N–H and O–H groups in total. The molecule has 0 spiro atoms. The molecule has 0 aromatic rings. The summed E-state index contributed by atoms with van der Waals surface area (Å²) in [6, 6.07) is 0. The Labute approximate surface area is 110 Å². The molecule has 0 heterocycles. The van der Waals surface area contributed by atoms with E-state index in [2.05, 4.69) is 4.74 Å². The summed E-state index contributed by atoms with van der Waals surface area (Å²) < 4.78 is 38.5. The normalized spacial score (nSPS) is 8.06. The van der Waals surface area contributed by atoms with Gasteiger partial charge < -0.3 is 18.9 Å². The third-order valence-electron chi connectivity index (χ3n) is 0.348. The smallest absolute Gasteiger partial charge is 0.759 e. The number of carbonyl (C=O) groups excluding carboxylic acids is 1. The molecule has 0 aliphatic rings. The fourth-order valence-corrected chi connectivity index (χ4v) is 0.203. The molecule has 0 aromatic carbocycles. The van der Waals surface area contributed by atoms with Crippen molar-refractivity contribution < 1.29 is 37.0 Å². The van der Waals surface area contributed by atoms with Gasteiger partial charge in [-0.1, -0.05) is 0 Å². The Hall–Kier alpha value is -0.424. The third-order valence-corrected chi connectivity index (χ3v) is 0.348. The van der Waals surface area contributed by atoms with Crippen LogP contribution in [0.3, 0.4) is 0 Å². The Balaban J connectivity index is -0.0000000668. The van der Waals surface area contributed by atoms with Crippen LogP contribution in [-0.2, 0) is 24.7 Å². The molecule has 0 saturated carbocycles. The van der Waals surface area contributed by atoms with Gasteiger partial charge in [-0.25, -0.2) is 0 Å². The number of hydrogen-bond donors (Lipinski definition) is 1. The molecule has 0 bridgehead atoms. The SMILES string of the molecule is CC(=O)O.CCOC(C)=O.O=S(=O)([O-])[O-].[Mg+2]. The van der Waals surface area contributed by atoms with Crippen LogP contribution in [0, 0.1) is 0 Å². The van der Waals surface area contributed by atoms with Crippen LogP contribution in [0.15, 0.2) is 0 Å². The van der Waals surface area contributed by atoms with E-state index in [1.54, 1.807) is 6.92 Å². The second-order valence-corrected chi connectivity index (χ2v) is 2.67. The number of ether oxygens (including phenoxy) is 1. The monoisotopic (exact) mass is 268 g/mol. The van der Waals surface area contributed by atoms with Crippen molar-refractivity contribution in [3.8, 4) is 0 Å². The van der Waals surface area contributed by atoms with Crippen molar-refractivity contribution in [2.75, 3.05) is 6.61 Å². The second kappa shape index (κ2) is 14.6. The van der Waals surface area contributed by atoms with Gasteiger partial charge >= 0.3 is 29.0 Å². The minimum atomic E-state index is -5.17. The fourth-order valence-electron chi connectivity index (χ4n) is 0.203. The standard InChI is InChI=1S/C4H8O2.C2H4O2.Mg.H2O4S/c1-3-6-4(2)5;1-2(3)4;;1-5(2,3)4/h3H2,1-2H3;1H3,(H,3,4);;(H2,1,2,3,4)/q;;+2;/p-2. The third kappa shape index (κ3) is 324. The summed E-state index contributed by atoms with van der Waals surface area (Å²) in [4.78, 5) is 18.8. The van der Waals surface area contributed by atoms with Crippen LogP contribution in [0.4, 0.5) is 0 Å². The van der Waals surface area contributed by atoms with Crippen molar-refractivity contribution in [2.45, 2.75) is 20.8 Å². The maximum absolute atomic E-state index is 9.82. The van der Waals surface area contributed by atoms with E-state index in [1.807, 2.05) is 0 Å². The molecule has 0 radical (unpaired) electrons.